The molecule has 0 aliphatic rings. The summed E-state index contributed by atoms with van der Waals surface area (Å²) in [6.07, 6.45) is 0. The van der Waals surface area contributed by atoms with Gasteiger partial charge in [-0.15, -0.1) is 0 Å². The Kier molecular flexibility index (Phi) is 2.62. The molecule has 0 radical (unpaired) electrons. The van der Waals surface area contributed by atoms with Crippen molar-refractivity contribution < 1.29 is 42.8 Å². The maximum Gasteiger partial charge on any atom is 0.143 e. The Bertz CT molecular complexity index is 4720. The van der Waals surface area contributed by atoms with Crippen LogP contribution in [0.15, 0.2) is 186 Å². The minimum absolute atomic E-state index is 0.174. The van der Waals surface area contributed by atoms with Crippen LogP contribution in [0.2, 0.25) is 0 Å². The highest BCUT2D eigenvalue weighted by molar-refractivity contribution is 6.26. The van der Waals surface area contributed by atoms with E-state index >= 15 is 0 Å². The van der Waals surface area contributed by atoms with E-state index in [1.165, 1.54) is 0 Å². The van der Waals surface area contributed by atoms with E-state index in [9.17, 15) is 15.1 Å². The molecular formula is C50H30O. The number of hydrogen-bond donors (Lipinski definition) is 0. The third-order valence-corrected chi connectivity index (χ3v) is 8.84. The summed E-state index contributed by atoms with van der Waals surface area (Å²) in [5.74, 6) is 0. The van der Waals surface area contributed by atoms with Crippen LogP contribution in [0, 0.1) is 0 Å². The molecule has 236 valence electrons. The van der Waals surface area contributed by atoms with E-state index in [1.807, 2.05) is 0 Å². The summed E-state index contributed by atoms with van der Waals surface area (Å²) in [4.78, 5) is 0. The van der Waals surface area contributed by atoms with Crippen molar-refractivity contribution in [2.45, 2.75) is 0 Å². The van der Waals surface area contributed by atoms with E-state index in [1.54, 1.807) is 0 Å². The Labute approximate surface area is 334 Å². The van der Waals surface area contributed by atoms with Crippen LogP contribution < -0.4 is 0 Å². The normalized spacial score (nSPS) is 19.6. The van der Waals surface area contributed by atoms with Gasteiger partial charge in [0.2, 0.25) is 0 Å². The highest BCUT2D eigenvalue weighted by Crippen LogP contribution is 2.48. The van der Waals surface area contributed by atoms with Gasteiger partial charge in [-0.2, -0.15) is 0 Å². The smallest absolute Gasteiger partial charge is 0.143 e. The second-order valence-corrected chi connectivity index (χ2v) is 11.4. The van der Waals surface area contributed by atoms with Crippen LogP contribution in [-0.2, 0) is 0 Å². The highest BCUT2D eigenvalue weighted by atomic mass is 16.3. The maximum absolute atomic E-state index is 9.67. The fourth-order valence-electron chi connectivity index (χ4n) is 6.74. The summed E-state index contributed by atoms with van der Waals surface area (Å²) < 4.78 is 261. The molecule has 10 aromatic carbocycles. The topological polar surface area (TPSA) is 13.1 Å². The lowest BCUT2D eigenvalue weighted by atomic mass is 9.83. The fourth-order valence-corrected chi connectivity index (χ4v) is 6.74. The molecule has 51 heavy (non-hydrogen) atoms. The average Bonchev–Trinajstić information content (AvgIpc) is 4.01. The Balaban J connectivity index is 1.43. The third-order valence-electron chi connectivity index (χ3n) is 8.84. The molecular weight excluding hydrogens is 617 g/mol. The minimum Gasteiger partial charge on any atom is -0.455 e. The molecule has 0 unspecified atom stereocenters. The molecule has 0 atom stereocenters. The summed E-state index contributed by atoms with van der Waals surface area (Å²) in [5, 5.41) is -6.27. The molecule has 0 aliphatic heterocycles. The van der Waals surface area contributed by atoms with E-state index in [0.717, 1.165) is 12.1 Å². The summed E-state index contributed by atoms with van der Waals surface area (Å²) >= 11 is 0. The molecule has 0 saturated heterocycles. The van der Waals surface area contributed by atoms with Crippen molar-refractivity contribution in [1.82, 2.24) is 0 Å². The SMILES string of the molecule is [2H]c1cc2c(oc3c([2H])c([2H])c4c([2H])c([2H])c([2H])c([2H])c4c32)c(-c2c([2H])c([2H])c([2H])c3c(-c4c5c([2H])c([2H])c([2H])c([2H])c5c(-c5c([2H])c([2H])c([2H])c6c([2H])c([2H])c([2H])c([2H])c56)c5c([2H])c([2H])c([2H])c([2H])c45)c([2H])c([2H])cc23)c1[2H]. The first kappa shape index (κ1) is 12.3. The van der Waals surface area contributed by atoms with Gasteiger partial charge < -0.3 is 4.42 Å². The number of benzene rings is 10. The summed E-state index contributed by atoms with van der Waals surface area (Å²) in [6, 6.07) is -22.1. The maximum atomic E-state index is 9.67. The molecule has 0 saturated carbocycles. The first-order valence-corrected chi connectivity index (χ1v) is 15.3. The molecule has 1 heteroatoms. The second kappa shape index (κ2) is 10.9. The lowest BCUT2D eigenvalue weighted by Gasteiger charge is -2.20. The van der Waals surface area contributed by atoms with Crippen molar-refractivity contribution in [1.29, 1.82) is 0 Å². The number of hydrogen-bond acceptors (Lipinski definition) is 1. The molecule has 0 aliphatic carbocycles. The molecule has 0 fully saturated rings. The number of fused-ring (bicyclic) bond motifs is 9. The van der Waals surface area contributed by atoms with Crippen molar-refractivity contribution in [2.75, 3.05) is 0 Å². The molecule has 1 aromatic heterocycles. The van der Waals surface area contributed by atoms with Crippen LogP contribution >= 0.6 is 0 Å². The standard InChI is InChI=1S/C50H30O/c1-3-16-33-31(13-1)15-9-25-38(33)47-40-18-5-7-20-42(40)48(43-21-8-6-19-41(43)47)39-26-11-22-35-36(39)23-10-24-37(35)44-27-12-28-45-49-34-17-4-2-14-32(34)29-30-46(49)51-50(44)45/h1-30H/i1D,2D,3D,4D,5D,6D,7D,8D,9D,10D,11D,12D,13D,14D,15D,16D,17D,18D,19D,20D,21D,23D,24D,25D,26D,27D,29D,30D. The van der Waals surface area contributed by atoms with Crippen molar-refractivity contribution in [3.63, 3.8) is 0 Å². The van der Waals surface area contributed by atoms with Gasteiger partial charge >= 0.3 is 0 Å². The minimum atomic E-state index is -0.995. The first-order valence-electron chi connectivity index (χ1n) is 29.3. The predicted octanol–water partition coefficient (Wildman–Crippen LogP) is 14.4. The molecule has 0 bridgehead atoms. The van der Waals surface area contributed by atoms with E-state index in [-0.39, 0.29) is 21.5 Å². The van der Waals surface area contributed by atoms with Crippen LogP contribution in [0.25, 0.3) is 109 Å². The molecule has 11 rings (SSSR count). The van der Waals surface area contributed by atoms with E-state index in [0.29, 0.717) is 0 Å². The highest BCUT2D eigenvalue weighted by Gasteiger charge is 2.21. The molecule has 11 aromatic rings. The van der Waals surface area contributed by atoms with Gasteiger partial charge in [-0.25, -0.2) is 0 Å². The monoisotopic (exact) mass is 674 g/mol. The van der Waals surface area contributed by atoms with Gasteiger partial charge in [0, 0.05) is 16.3 Å². The Morgan fingerprint density at radius 3 is 1.49 bits per heavy atom. The third kappa shape index (κ3) is 4.09. The zero-order chi connectivity index (χ0) is 57.8. The van der Waals surface area contributed by atoms with Crippen LogP contribution in [0.3, 0.4) is 0 Å². The largest absolute Gasteiger partial charge is 0.455 e. The summed E-state index contributed by atoms with van der Waals surface area (Å²) in [7, 11) is 0. The van der Waals surface area contributed by atoms with Gasteiger partial charge in [0.05, 0.1) is 38.4 Å². The van der Waals surface area contributed by atoms with Crippen molar-refractivity contribution in [3.05, 3.63) is 181 Å². The van der Waals surface area contributed by atoms with Gasteiger partial charge in [-0.1, -0.05) is 175 Å². The van der Waals surface area contributed by atoms with Crippen LogP contribution in [0.5, 0.6) is 0 Å². The number of rotatable bonds is 3. The Morgan fingerprint density at radius 2 is 0.784 bits per heavy atom. The van der Waals surface area contributed by atoms with Crippen LogP contribution in [0.4, 0.5) is 0 Å². The van der Waals surface area contributed by atoms with E-state index in [2.05, 4.69) is 0 Å². The zero-order valence-electron chi connectivity index (χ0n) is 53.6. The van der Waals surface area contributed by atoms with Crippen LogP contribution in [-0.4, -0.2) is 0 Å². The quantitative estimate of drug-likeness (QED) is 0.170. The lowest BCUT2D eigenvalue weighted by molar-refractivity contribution is 0.670. The van der Waals surface area contributed by atoms with Crippen LogP contribution in [0.1, 0.15) is 38.4 Å². The number of furan rings is 1. The van der Waals surface area contributed by atoms with Gasteiger partial charge in [0.1, 0.15) is 11.2 Å². The predicted molar refractivity (Wildman–Crippen MR) is 218 cm³/mol. The lowest BCUT2D eigenvalue weighted by Crippen LogP contribution is -1.92. The molecule has 1 nitrogen and oxygen atoms in total. The van der Waals surface area contributed by atoms with Crippen molar-refractivity contribution in [2.24, 2.45) is 0 Å². The zero-order valence-corrected chi connectivity index (χ0v) is 25.6. The Hall–Kier alpha value is -6.70. The van der Waals surface area contributed by atoms with Gasteiger partial charge in [-0.3, -0.25) is 0 Å². The number of para-hydroxylation sites is 1. The van der Waals surface area contributed by atoms with Gasteiger partial charge in [0.15, 0.2) is 0 Å². The second-order valence-electron chi connectivity index (χ2n) is 11.4. The summed E-state index contributed by atoms with van der Waals surface area (Å²) in [5.41, 5.74) is -4.80. The van der Waals surface area contributed by atoms with Crippen molar-refractivity contribution >= 4 is 75.8 Å². The van der Waals surface area contributed by atoms with Crippen molar-refractivity contribution in [3.8, 4) is 33.4 Å². The van der Waals surface area contributed by atoms with E-state index in [4.69, 9.17) is 27.7 Å². The Morgan fingerprint density at radius 1 is 0.314 bits per heavy atom. The molecule has 0 amide bonds. The van der Waals surface area contributed by atoms with Gasteiger partial charge in [-0.05, 0) is 87.7 Å². The summed E-state index contributed by atoms with van der Waals surface area (Å²) in [6.45, 7) is 0. The van der Waals surface area contributed by atoms with E-state index < -0.39 is 257 Å². The molecule has 1 heterocycles. The fraction of sp³-hybridized carbons (Fsp3) is 0. The average molecular weight is 675 g/mol. The molecule has 0 N–H and O–H groups in total. The van der Waals surface area contributed by atoms with Gasteiger partial charge in [0.25, 0.3) is 0 Å². The molecule has 0 spiro atoms. The first-order chi connectivity index (χ1) is 36.9.